The number of piperazine rings is 1. The van der Waals surface area contributed by atoms with Crippen LogP contribution in [-0.2, 0) is 15.9 Å². The fourth-order valence-corrected chi connectivity index (χ4v) is 3.02. The molecule has 150 valence electrons. The van der Waals surface area contributed by atoms with Crippen LogP contribution in [0.25, 0.3) is 0 Å². The van der Waals surface area contributed by atoms with Gasteiger partial charge in [-0.25, -0.2) is 4.98 Å². The van der Waals surface area contributed by atoms with Gasteiger partial charge in [0.1, 0.15) is 5.82 Å². The Morgan fingerprint density at radius 3 is 2.35 bits per heavy atom. The summed E-state index contributed by atoms with van der Waals surface area (Å²) in [5.41, 5.74) is 1.30. The lowest BCUT2D eigenvalue weighted by atomic mass is 9.92. The number of rotatable bonds is 7. The zero-order chi connectivity index (χ0) is 19.2. The molecule has 1 saturated heterocycles. The minimum absolute atomic E-state index is 0.415. The van der Waals surface area contributed by atoms with E-state index in [2.05, 4.69) is 27.3 Å². The van der Waals surface area contributed by atoms with Gasteiger partial charge < -0.3 is 19.7 Å². The van der Waals surface area contributed by atoms with Crippen LogP contribution in [0.15, 0.2) is 18.3 Å². The lowest BCUT2D eigenvalue weighted by Gasteiger charge is -2.33. The first-order chi connectivity index (χ1) is 12.8. The number of nitrogens with zero attached hydrogens (tertiary/aromatic N) is 2. The topological polar surface area (TPSA) is 46.6 Å². The molecule has 0 spiro atoms. The number of anilines is 1. The van der Waals surface area contributed by atoms with Crippen LogP contribution < -0.4 is 10.2 Å². The maximum Gasteiger partial charge on any atom is 0.128 e. The molecule has 0 bridgehead atoms. The highest BCUT2D eigenvalue weighted by molar-refractivity contribution is 5.39. The average Bonchev–Trinajstić information content (AvgIpc) is 2.71. The Hall–Kier alpha value is -1.17. The average molecular weight is 366 g/mol. The molecule has 1 saturated carbocycles. The van der Waals surface area contributed by atoms with Gasteiger partial charge in [-0.15, -0.1) is 0 Å². The van der Waals surface area contributed by atoms with Crippen LogP contribution in [0.4, 0.5) is 5.82 Å². The number of hydrogen-bond donors (Lipinski definition) is 1. The van der Waals surface area contributed by atoms with Gasteiger partial charge in [-0.05, 0) is 37.3 Å². The van der Waals surface area contributed by atoms with Crippen LogP contribution in [0.2, 0.25) is 0 Å². The van der Waals surface area contributed by atoms with E-state index in [1.807, 2.05) is 33.9 Å². The number of pyridine rings is 1. The van der Waals surface area contributed by atoms with Crippen LogP contribution in [-0.4, -0.2) is 57.1 Å². The lowest BCUT2D eigenvalue weighted by molar-refractivity contribution is -0.0869. The highest BCUT2D eigenvalue weighted by Gasteiger charge is 2.29. The van der Waals surface area contributed by atoms with Crippen LogP contribution in [0.1, 0.15) is 52.5 Å². The summed E-state index contributed by atoms with van der Waals surface area (Å²) in [5, 5.41) is 3.36. The molecule has 5 heteroatoms. The van der Waals surface area contributed by atoms with Crippen molar-refractivity contribution in [3.8, 4) is 0 Å². The van der Waals surface area contributed by atoms with Crippen molar-refractivity contribution < 1.29 is 9.47 Å². The molecule has 26 heavy (non-hydrogen) atoms. The molecule has 1 N–H and O–H groups in total. The fourth-order valence-electron chi connectivity index (χ4n) is 3.02. The Morgan fingerprint density at radius 1 is 1.08 bits per heavy atom. The molecule has 0 aromatic carbocycles. The van der Waals surface area contributed by atoms with Crippen molar-refractivity contribution in [3.63, 3.8) is 0 Å². The predicted molar refractivity (Wildman–Crippen MR) is 110 cm³/mol. The largest absolute Gasteiger partial charge is 0.381 e. The van der Waals surface area contributed by atoms with Gasteiger partial charge in [-0.1, -0.05) is 33.8 Å². The first kappa shape index (κ1) is 22.9. The minimum Gasteiger partial charge on any atom is -0.381 e. The molecule has 1 aliphatic carbocycles. The molecule has 2 aliphatic rings. The van der Waals surface area contributed by atoms with Crippen molar-refractivity contribution >= 4 is 5.82 Å². The van der Waals surface area contributed by atoms with Crippen LogP contribution >= 0.6 is 0 Å². The molecular formula is C21H39N3O2. The summed E-state index contributed by atoms with van der Waals surface area (Å²) in [6, 6.07) is 4.35. The first-order valence-corrected chi connectivity index (χ1v) is 10.4. The van der Waals surface area contributed by atoms with Crippen molar-refractivity contribution in [1.29, 1.82) is 0 Å². The van der Waals surface area contributed by atoms with Gasteiger partial charge in [0.2, 0.25) is 0 Å². The smallest absolute Gasteiger partial charge is 0.128 e. The zero-order valence-electron chi connectivity index (χ0n) is 17.5. The van der Waals surface area contributed by atoms with E-state index in [1.165, 1.54) is 5.56 Å². The van der Waals surface area contributed by atoms with E-state index in [0.29, 0.717) is 12.2 Å². The Kier molecular flexibility index (Phi) is 12.3. The first-order valence-electron chi connectivity index (χ1n) is 10.4. The van der Waals surface area contributed by atoms with Crippen LogP contribution in [0.5, 0.6) is 0 Å². The molecule has 1 aliphatic heterocycles. The molecule has 1 aromatic heterocycles. The van der Waals surface area contributed by atoms with Gasteiger partial charge in [-0.3, -0.25) is 0 Å². The summed E-state index contributed by atoms with van der Waals surface area (Å²) >= 11 is 0. The monoisotopic (exact) mass is 365 g/mol. The SMILES string of the molecule is CC.CC.COC1CC(OCCCc2ccc(N3CCNCC3)nc2)C1. The molecular weight excluding hydrogens is 326 g/mol. The standard InChI is InChI=1S/C17H27N3O2.2C2H6/c1-21-15-11-16(12-15)22-10-2-3-14-4-5-17(19-13-14)20-8-6-18-7-9-20;2*1-2/h4-5,13,15-16,18H,2-3,6-12H2,1H3;2*1-2H3. The van der Waals surface area contributed by atoms with Gasteiger partial charge in [0.05, 0.1) is 12.2 Å². The van der Waals surface area contributed by atoms with Gasteiger partial charge in [0.25, 0.3) is 0 Å². The second kappa shape index (κ2) is 14.0. The molecule has 2 fully saturated rings. The molecule has 5 nitrogen and oxygen atoms in total. The molecule has 0 amide bonds. The van der Waals surface area contributed by atoms with Crippen molar-refractivity contribution in [2.24, 2.45) is 0 Å². The number of nitrogens with one attached hydrogen (secondary N) is 1. The van der Waals surface area contributed by atoms with E-state index in [4.69, 9.17) is 9.47 Å². The van der Waals surface area contributed by atoms with E-state index >= 15 is 0 Å². The number of aryl methyl sites for hydroxylation is 1. The van der Waals surface area contributed by atoms with Crippen molar-refractivity contribution in [1.82, 2.24) is 10.3 Å². The Bertz CT molecular complexity index is 441. The Morgan fingerprint density at radius 2 is 1.77 bits per heavy atom. The van der Waals surface area contributed by atoms with Crippen molar-refractivity contribution in [2.45, 2.75) is 65.6 Å². The maximum absolute atomic E-state index is 5.84. The lowest BCUT2D eigenvalue weighted by Crippen LogP contribution is -2.43. The molecule has 0 atom stereocenters. The van der Waals surface area contributed by atoms with E-state index in [-0.39, 0.29) is 0 Å². The normalized spacial score (nSPS) is 21.7. The number of ether oxygens (including phenoxy) is 2. The van der Waals surface area contributed by atoms with E-state index < -0.39 is 0 Å². The minimum atomic E-state index is 0.415. The van der Waals surface area contributed by atoms with Gasteiger partial charge >= 0.3 is 0 Å². The highest BCUT2D eigenvalue weighted by atomic mass is 16.5. The Labute approximate surface area is 160 Å². The maximum atomic E-state index is 5.84. The Balaban J connectivity index is 0.000000791. The number of methoxy groups -OCH3 is 1. The fraction of sp³-hybridized carbons (Fsp3) is 0.762. The van der Waals surface area contributed by atoms with E-state index in [9.17, 15) is 0 Å². The molecule has 0 unspecified atom stereocenters. The number of aromatic nitrogens is 1. The summed E-state index contributed by atoms with van der Waals surface area (Å²) < 4.78 is 11.1. The van der Waals surface area contributed by atoms with E-state index in [1.54, 1.807) is 7.11 Å². The highest BCUT2D eigenvalue weighted by Crippen LogP contribution is 2.25. The van der Waals surface area contributed by atoms with Gasteiger partial charge in [0.15, 0.2) is 0 Å². The van der Waals surface area contributed by atoms with Gasteiger partial charge in [-0.2, -0.15) is 0 Å². The quantitative estimate of drug-likeness (QED) is 0.747. The molecule has 3 rings (SSSR count). The summed E-state index contributed by atoms with van der Waals surface area (Å²) in [6.45, 7) is 13.0. The van der Waals surface area contributed by atoms with Crippen molar-refractivity contribution in [2.75, 3.05) is 44.8 Å². The van der Waals surface area contributed by atoms with Crippen LogP contribution in [0, 0.1) is 0 Å². The number of hydrogen-bond acceptors (Lipinski definition) is 5. The third kappa shape index (κ3) is 7.60. The molecule has 0 radical (unpaired) electrons. The summed E-state index contributed by atoms with van der Waals surface area (Å²) in [4.78, 5) is 6.94. The predicted octanol–water partition coefficient (Wildman–Crippen LogP) is 3.67. The summed E-state index contributed by atoms with van der Waals surface area (Å²) in [5.74, 6) is 1.10. The third-order valence-electron chi connectivity index (χ3n) is 4.60. The molecule has 2 heterocycles. The zero-order valence-corrected chi connectivity index (χ0v) is 17.5. The summed E-state index contributed by atoms with van der Waals surface area (Å²) in [6.07, 6.45) is 7.05. The van der Waals surface area contributed by atoms with E-state index in [0.717, 1.165) is 64.3 Å². The third-order valence-corrected chi connectivity index (χ3v) is 4.60. The second-order valence-electron chi connectivity index (χ2n) is 6.19. The van der Waals surface area contributed by atoms with Gasteiger partial charge in [0, 0.05) is 46.1 Å². The van der Waals surface area contributed by atoms with Crippen LogP contribution in [0.3, 0.4) is 0 Å². The second-order valence-corrected chi connectivity index (χ2v) is 6.19. The molecule has 1 aromatic rings. The van der Waals surface area contributed by atoms with Crippen molar-refractivity contribution in [3.05, 3.63) is 23.9 Å². The summed E-state index contributed by atoms with van der Waals surface area (Å²) in [7, 11) is 1.78.